The van der Waals surface area contributed by atoms with E-state index in [4.69, 9.17) is 0 Å². The Kier molecular flexibility index (Phi) is 11.5. The van der Waals surface area contributed by atoms with Crippen LogP contribution >= 0.6 is 15.9 Å². The molecule has 2 aromatic rings. The molecule has 44 heavy (non-hydrogen) atoms. The summed E-state index contributed by atoms with van der Waals surface area (Å²) in [5.74, 6) is -10.7. The number of sulfone groups is 1. The second-order valence-electron chi connectivity index (χ2n) is 9.76. The lowest BCUT2D eigenvalue weighted by molar-refractivity contribution is -0.153. The summed E-state index contributed by atoms with van der Waals surface area (Å²) in [4.78, 5) is 12.5. The van der Waals surface area contributed by atoms with E-state index in [9.17, 15) is 61.5 Å². The van der Waals surface area contributed by atoms with Crippen LogP contribution in [0.5, 0.6) is 5.75 Å². The first-order valence-electron chi connectivity index (χ1n) is 12.1. The minimum absolute atomic E-state index is 0.0741. The zero-order valence-corrected chi connectivity index (χ0v) is 24.9. The zero-order valence-electron chi connectivity index (χ0n) is 22.5. The number of carbonyl (C=O) groups excluding carboxylic acids is 1. The second-order valence-corrected chi connectivity index (χ2v) is 12.8. The number of nitrogens with one attached hydrogen (secondary N) is 1. The van der Waals surface area contributed by atoms with Gasteiger partial charge < -0.3 is 10.1 Å². The quantitative estimate of drug-likeness (QED) is 0.238. The fourth-order valence-corrected chi connectivity index (χ4v) is 5.87. The first kappa shape index (κ1) is 37.3. The van der Waals surface area contributed by atoms with Gasteiger partial charge in [0.2, 0.25) is 0 Å². The minimum Gasteiger partial charge on any atom is -0.484 e. The maximum atomic E-state index is 14.6. The van der Waals surface area contributed by atoms with Gasteiger partial charge in [0.05, 0.1) is 22.8 Å². The molecule has 0 saturated carbocycles. The van der Waals surface area contributed by atoms with Crippen molar-refractivity contribution in [2.75, 3.05) is 18.1 Å². The molecule has 0 saturated heterocycles. The van der Waals surface area contributed by atoms with Gasteiger partial charge in [0.1, 0.15) is 11.5 Å². The Morgan fingerprint density at radius 2 is 1.57 bits per heavy atom. The molecule has 0 heterocycles. The first-order valence-corrected chi connectivity index (χ1v) is 14.7. The number of alkyl halides is 11. The number of amides is 1. The molecule has 1 unspecified atom stereocenters. The largest absolute Gasteiger partial charge is 0.484 e. The Morgan fingerprint density at radius 1 is 0.955 bits per heavy atom. The van der Waals surface area contributed by atoms with Gasteiger partial charge in [-0.15, -0.1) is 0 Å². The van der Waals surface area contributed by atoms with Crippen LogP contribution in [0.1, 0.15) is 46.8 Å². The third kappa shape index (κ3) is 12.2. The average Bonchev–Trinajstić information content (AvgIpc) is 2.78. The van der Waals surface area contributed by atoms with E-state index >= 15 is 0 Å². The highest BCUT2D eigenvalue weighted by Crippen LogP contribution is 2.39. The molecule has 246 valence electrons. The van der Waals surface area contributed by atoms with Gasteiger partial charge in [0.25, 0.3) is 11.8 Å². The summed E-state index contributed by atoms with van der Waals surface area (Å²) < 4.78 is 174. The third-order valence-electron chi connectivity index (χ3n) is 5.54. The van der Waals surface area contributed by atoms with E-state index in [1.807, 2.05) is 5.32 Å². The lowest BCUT2D eigenvalue weighted by Gasteiger charge is -2.22. The summed E-state index contributed by atoms with van der Waals surface area (Å²) in [6.45, 7) is -0.263. The van der Waals surface area contributed by atoms with Crippen LogP contribution in [0.3, 0.4) is 0 Å². The van der Waals surface area contributed by atoms with Crippen molar-refractivity contribution in [3.8, 4) is 5.75 Å². The number of allylic oxidation sites excluding steroid dienone is 1. The van der Waals surface area contributed by atoms with Crippen LogP contribution in [0.4, 0.5) is 48.3 Å². The molecule has 18 heteroatoms. The lowest BCUT2D eigenvalue weighted by Crippen LogP contribution is -2.40. The topological polar surface area (TPSA) is 72.5 Å². The highest BCUT2D eigenvalue weighted by Gasteiger charge is 2.38. The van der Waals surface area contributed by atoms with Gasteiger partial charge in [0.15, 0.2) is 16.4 Å². The highest BCUT2D eigenvalue weighted by molar-refractivity contribution is 9.10. The van der Waals surface area contributed by atoms with Crippen LogP contribution in [0.15, 0.2) is 46.9 Å². The molecule has 0 spiro atoms. The van der Waals surface area contributed by atoms with Crippen molar-refractivity contribution in [3.63, 3.8) is 0 Å². The molecule has 2 atom stereocenters. The fourth-order valence-electron chi connectivity index (χ4n) is 3.92. The minimum atomic E-state index is -5.19. The maximum Gasteiger partial charge on any atom is 0.422 e. The normalized spacial score (nSPS) is 14.9. The third-order valence-corrected chi connectivity index (χ3v) is 7.77. The predicted octanol–water partition coefficient (Wildman–Crippen LogP) is 7.96. The number of hydrogen-bond acceptors (Lipinski definition) is 4. The van der Waals surface area contributed by atoms with Gasteiger partial charge in [-0.2, -0.15) is 39.5 Å². The fraction of sp³-hybridized carbons (Fsp3) is 0.423. The number of ether oxygens (including phenoxy) is 1. The van der Waals surface area contributed by atoms with E-state index in [1.54, 1.807) is 0 Å². The van der Waals surface area contributed by atoms with Crippen LogP contribution < -0.4 is 10.1 Å². The summed E-state index contributed by atoms with van der Waals surface area (Å²) in [5.41, 5.74) is -3.16. The van der Waals surface area contributed by atoms with E-state index in [0.717, 1.165) is 43.3 Å². The second kappa shape index (κ2) is 13.6. The monoisotopic (exact) mass is 733 g/mol. The van der Waals surface area contributed by atoms with Crippen LogP contribution in [0.25, 0.3) is 6.08 Å². The van der Waals surface area contributed by atoms with Crippen LogP contribution in [-0.4, -0.2) is 56.8 Å². The molecule has 5 nitrogen and oxygen atoms in total. The Hall–Kier alpha value is -2.89. The van der Waals surface area contributed by atoms with Crippen molar-refractivity contribution in [1.29, 1.82) is 0 Å². The summed E-state index contributed by atoms with van der Waals surface area (Å²) in [6, 6.07) is 3.67. The highest BCUT2D eigenvalue weighted by atomic mass is 79.9. The van der Waals surface area contributed by atoms with E-state index in [1.165, 1.54) is 0 Å². The van der Waals surface area contributed by atoms with Crippen molar-refractivity contribution in [3.05, 3.63) is 69.2 Å². The van der Waals surface area contributed by atoms with Gasteiger partial charge in [-0.25, -0.2) is 17.2 Å². The van der Waals surface area contributed by atoms with Crippen molar-refractivity contribution >= 4 is 37.8 Å². The Labute approximate surface area is 252 Å². The van der Waals surface area contributed by atoms with Gasteiger partial charge in [-0.05, 0) is 48.4 Å². The van der Waals surface area contributed by atoms with Gasteiger partial charge >= 0.3 is 18.5 Å². The molecule has 0 aliphatic rings. The van der Waals surface area contributed by atoms with E-state index in [-0.39, 0.29) is 15.6 Å². The smallest absolute Gasteiger partial charge is 0.422 e. The summed E-state index contributed by atoms with van der Waals surface area (Å²) >= 11 is 2.99. The summed E-state index contributed by atoms with van der Waals surface area (Å²) in [7, 11) is -4.77. The lowest BCUT2D eigenvalue weighted by atomic mass is 9.91. The number of rotatable bonds is 11. The molecule has 0 aliphatic heterocycles. The Morgan fingerprint density at radius 3 is 2.09 bits per heavy atom. The number of halogens is 12. The first-order chi connectivity index (χ1) is 19.8. The van der Waals surface area contributed by atoms with Gasteiger partial charge in [0, 0.05) is 17.4 Å². The van der Waals surface area contributed by atoms with Crippen molar-refractivity contribution in [1.82, 2.24) is 5.32 Å². The van der Waals surface area contributed by atoms with E-state index in [2.05, 4.69) is 20.7 Å². The molecule has 0 aromatic heterocycles. The SMILES string of the molecule is C[C@H](CS(=O)(=O)CC(F)(F)F)NC(=O)c1ccc(/C=C/C(c2cc(Br)cc(OCC(F)(F)F)c2)C(C)(F)F)cc1C(F)(F)F. The van der Waals surface area contributed by atoms with Crippen LogP contribution in [-0.2, 0) is 16.0 Å². The number of benzene rings is 2. The van der Waals surface area contributed by atoms with Gasteiger partial charge in [-0.3, -0.25) is 4.79 Å². The maximum absolute atomic E-state index is 14.6. The van der Waals surface area contributed by atoms with Crippen molar-refractivity contribution < 1.29 is 66.2 Å². The molecule has 2 rings (SSSR count). The molecular weight excluding hydrogens is 711 g/mol. The standard InChI is InChI=1S/C26H23BrF11NO4S/c1-14(11-44(41,42)13-25(33,34)35)39-22(40)19-5-3-15(7-21(19)26(36,37)38)4-6-20(23(2,28)29)16-8-17(27)10-18(9-16)43-12-24(30,31)32/h3-10,14,20H,11-13H2,1-2H3,(H,39,40)/b6-4+/t14-,20?/m1/s1. The number of hydrogen-bond donors (Lipinski definition) is 1. The molecule has 0 fully saturated rings. The predicted molar refractivity (Wildman–Crippen MR) is 141 cm³/mol. The molecular formula is C26H23BrF11NO4S. The van der Waals surface area contributed by atoms with Gasteiger partial charge in [-0.1, -0.05) is 34.1 Å². The molecule has 0 radical (unpaired) electrons. The molecule has 2 aromatic carbocycles. The Balaban J connectivity index is 2.39. The summed E-state index contributed by atoms with van der Waals surface area (Å²) in [6.07, 6.45) is -13.3. The van der Waals surface area contributed by atoms with Crippen molar-refractivity contribution in [2.24, 2.45) is 0 Å². The van der Waals surface area contributed by atoms with E-state index in [0.29, 0.717) is 19.1 Å². The average molecular weight is 734 g/mol. The zero-order chi connectivity index (χ0) is 33.9. The molecule has 0 bridgehead atoms. The molecule has 0 aliphatic carbocycles. The van der Waals surface area contributed by atoms with Crippen molar-refractivity contribution in [2.45, 2.75) is 50.3 Å². The molecule has 1 amide bonds. The Bertz CT molecular complexity index is 1460. The van der Waals surface area contributed by atoms with Crippen LogP contribution in [0, 0.1) is 0 Å². The summed E-state index contributed by atoms with van der Waals surface area (Å²) in [5, 5.41) is 1.90. The van der Waals surface area contributed by atoms with E-state index < -0.39 is 87.1 Å². The molecule has 1 N–H and O–H groups in total. The van der Waals surface area contributed by atoms with Crippen LogP contribution in [0.2, 0.25) is 0 Å². The number of carbonyl (C=O) groups is 1.